The van der Waals surface area contributed by atoms with Crippen LogP contribution < -0.4 is 5.32 Å². The summed E-state index contributed by atoms with van der Waals surface area (Å²) in [6.07, 6.45) is 1.36. The number of aromatic nitrogens is 1. The fourth-order valence-corrected chi connectivity index (χ4v) is 6.30. The van der Waals surface area contributed by atoms with Crippen molar-refractivity contribution in [3.05, 3.63) is 70.4 Å². The normalized spacial score (nSPS) is 17.9. The van der Waals surface area contributed by atoms with Crippen molar-refractivity contribution in [2.45, 2.75) is 59.2 Å². The second-order valence-corrected chi connectivity index (χ2v) is 11.1. The molecule has 37 heavy (non-hydrogen) atoms. The molecule has 7 nitrogen and oxygen atoms in total. The predicted octanol–water partition coefficient (Wildman–Crippen LogP) is 5.04. The van der Waals surface area contributed by atoms with Crippen LogP contribution in [0.2, 0.25) is 0 Å². The molecule has 0 saturated carbocycles. The number of thiazole rings is 1. The van der Waals surface area contributed by atoms with Gasteiger partial charge in [0.15, 0.2) is 0 Å². The van der Waals surface area contributed by atoms with Gasteiger partial charge in [-0.3, -0.25) is 14.4 Å². The Morgan fingerprint density at radius 3 is 2.59 bits per heavy atom. The van der Waals surface area contributed by atoms with Gasteiger partial charge in [-0.05, 0) is 67.5 Å². The first kappa shape index (κ1) is 25.1. The second kappa shape index (κ2) is 10.1. The van der Waals surface area contributed by atoms with Gasteiger partial charge >= 0.3 is 0 Å². The number of anilines is 1. The zero-order chi connectivity index (χ0) is 26.3. The number of likely N-dealkylation sites (tertiary alicyclic amines) is 1. The van der Waals surface area contributed by atoms with Gasteiger partial charge in [-0.25, -0.2) is 4.98 Å². The average Bonchev–Trinajstić information content (AvgIpc) is 3.60. The Morgan fingerprint density at radius 2 is 1.92 bits per heavy atom. The molecule has 2 aliphatic rings. The summed E-state index contributed by atoms with van der Waals surface area (Å²) in [5.41, 5.74) is 7.18. The van der Waals surface area contributed by atoms with Gasteiger partial charge in [0.2, 0.25) is 11.8 Å². The fourth-order valence-electron chi connectivity index (χ4n) is 5.49. The molecule has 1 fully saturated rings. The van der Waals surface area contributed by atoms with Gasteiger partial charge in [0, 0.05) is 24.3 Å². The Kier molecular flexibility index (Phi) is 6.86. The van der Waals surface area contributed by atoms with Gasteiger partial charge < -0.3 is 15.1 Å². The minimum atomic E-state index is -0.614. The van der Waals surface area contributed by atoms with Crippen LogP contribution in [-0.2, 0) is 16.1 Å². The third-order valence-electron chi connectivity index (χ3n) is 7.40. The zero-order valence-corrected chi connectivity index (χ0v) is 22.5. The molecule has 3 heterocycles. The van der Waals surface area contributed by atoms with E-state index in [0.29, 0.717) is 25.1 Å². The van der Waals surface area contributed by atoms with Crippen LogP contribution in [0.25, 0.3) is 10.4 Å². The maximum atomic E-state index is 13.9. The van der Waals surface area contributed by atoms with Crippen molar-refractivity contribution < 1.29 is 14.4 Å². The first-order chi connectivity index (χ1) is 17.8. The van der Waals surface area contributed by atoms with Crippen molar-refractivity contribution in [2.24, 2.45) is 5.92 Å². The molecule has 2 unspecified atom stereocenters. The number of carbonyl (C=O) groups is 3. The van der Waals surface area contributed by atoms with Crippen LogP contribution in [0.1, 0.15) is 53.9 Å². The quantitative estimate of drug-likeness (QED) is 0.498. The number of benzene rings is 2. The minimum Gasteiger partial charge on any atom is -0.329 e. The molecule has 5 rings (SSSR count). The molecule has 0 bridgehead atoms. The van der Waals surface area contributed by atoms with Crippen LogP contribution in [0.3, 0.4) is 0 Å². The molecule has 2 aromatic carbocycles. The highest BCUT2D eigenvalue weighted by atomic mass is 32.1. The number of carbonyl (C=O) groups excluding carboxylic acids is 3. The van der Waals surface area contributed by atoms with E-state index in [-0.39, 0.29) is 23.6 Å². The van der Waals surface area contributed by atoms with Gasteiger partial charge in [-0.15, -0.1) is 11.3 Å². The number of nitrogens with zero attached hydrogens (tertiary/aromatic N) is 3. The number of nitrogens with one attached hydrogen (secondary N) is 1. The molecule has 0 aliphatic carbocycles. The molecule has 1 aromatic heterocycles. The van der Waals surface area contributed by atoms with Crippen molar-refractivity contribution in [3.8, 4) is 10.4 Å². The van der Waals surface area contributed by atoms with E-state index in [0.717, 1.165) is 39.4 Å². The molecule has 2 aliphatic heterocycles. The van der Waals surface area contributed by atoms with Gasteiger partial charge in [0.1, 0.15) is 12.1 Å². The first-order valence-electron chi connectivity index (χ1n) is 12.8. The number of fused-ring (bicyclic) bond motifs is 1. The van der Waals surface area contributed by atoms with Crippen molar-refractivity contribution >= 4 is 34.7 Å². The highest BCUT2D eigenvalue weighted by Crippen LogP contribution is 2.32. The lowest BCUT2D eigenvalue weighted by Gasteiger charge is -2.35. The Balaban J connectivity index is 1.33. The minimum absolute atomic E-state index is 0.0833. The molecule has 1 saturated heterocycles. The second-order valence-electron chi connectivity index (χ2n) is 10.3. The van der Waals surface area contributed by atoms with Crippen molar-refractivity contribution in [1.29, 1.82) is 0 Å². The number of rotatable bonds is 6. The molecule has 1 N–H and O–H groups in total. The summed E-state index contributed by atoms with van der Waals surface area (Å²) >= 11 is 1.60. The Morgan fingerprint density at radius 1 is 1.14 bits per heavy atom. The fraction of sp³-hybridized carbons (Fsp3) is 0.379. The van der Waals surface area contributed by atoms with E-state index in [9.17, 15) is 14.4 Å². The lowest BCUT2D eigenvalue weighted by Crippen LogP contribution is -2.54. The van der Waals surface area contributed by atoms with Crippen molar-refractivity contribution in [3.63, 3.8) is 0 Å². The lowest BCUT2D eigenvalue weighted by atomic mass is 10.00. The number of aryl methyl sites for hydroxylation is 2. The van der Waals surface area contributed by atoms with Crippen LogP contribution >= 0.6 is 11.3 Å². The van der Waals surface area contributed by atoms with Crippen LogP contribution in [0, 0.1) is 19.8 Å². The molecule has 0 radical (unpaired) electrons. The van der Waals surface area contributed by atoms with Crippen LogP contribution in [0.5, 0.6) is 0 Å². The van der Waals surface area contributed by atoms with Crippen LogP contribution in [0.4, 0.5) is 5.69 Å². The average molecular weight is 517 g/mol. The molecule has 192 valence electrons. The van der Waals surface area contributed by atoms with E-state index < -0.39 is 12.1 Å². The van der Waals surface area contributed by atoms with E-state index in [1.54, 1.807) is 21.1 Å². The summed E-state index contributed by atoms with van der Waals surface area (Å²) in [6, 6.07) is 12.3. The summed E-state index contributed by atoms with van der Waals surface area (Å²) in [4.78, 5) is 49.2. The SMILES string of the molecule is Cc1cc(-c2scnc2C)ccc1NC(=O)C1CCCN1C(=O)C(C(C)C)N1Cc2ccccc2C1=O. The number of amides is 3. The summed E-state index contributed by atoms with van der Waals surface area (Å²) in [6.45, 7) is 8.80. The molecule has 0 spiro atoms. The van der Waals surface area contributed by atoms with E-state index >= 15 is 0 Å². The third-order valence-corrected chi connectivity index (χ3v) is 8.38. The topological polar surface area (TPSA) is 82.6 Å². The summed E-state index contributed by atoms with van der Waals surface area (Å²) in [5, 5.41) is 3.06. The molecule has 8 heteroatoms. The molecule has 3 amide bonds. The number of hydrogen-bond donors (Lipinski definition) is 1. The molecule has 3 aromatic rings. The van der Waals surface area contributed by atoms with Crippen molar-refractivity contribution in [2.75, 3.05) is 11.9 Å². The van der Waals surface area contributed by atoms with Gasteiger partial charge in [0.25, 0.3) is 5.91 Å². The third kappa shape index (κ3) is 4.66. The molecule has 2 atom stereocenters. The van der Waals surface area contributed by atoms with Gasteiger partial charge in [-0.1, -0.05) is 38.1 Å². The van der Waals surface area contributed by atoms with E-state index in [1.807, 2.05) is 69.6 Å². The maximum Gasteiger partial charge on any atom is 0.255 e. The summed E-state index contributed by atoms with van der Waals surface area (Å²) < 4.78 is 0. The van der Waals surface area contributed by atoms with E-state index in [2.05, 4.69) is 16.4 Å². The van der Waals surface area contributed by atoms with E-state index in [1.165, 1.54) is 0 Å². The predicted molar refractivity (Wildman–Crippen MR) is 145 cm³/mol. The molecular weight excluding hydrogens is 484 g/mol. The largest absolute Gasteiger partial charge is 0.329 e. The van der Waals surface area contributed by atoms with Crippen LogP contribution in [-0.4, -0.2) is 51.1 Å². The standard InChI is InChI=1S/C29H32N4O3S/c1-17(2)25(33-15-21-8-5-6-9-22(21)28(33)35)29(36)32-13-7-10-24(32)27(34)31-23-12-11-20(14-18(23)3)26-19(4)30-16-37-26/h5-6,8-9,11-12,14,16-17,24-25H,7,10,13,15H2,1-4H3,(H,31,34). The Hall–Kier alpha value is -3.52. The highest BCUT2D eigenvalue weighted by molar-refractivity contribution is 7.13. The summed E-state index contributed by atoms with van der Waals surface area (Å²) in [5.74, 6) is -0.537. The van der Waals surface area contributed by atoms with E-state index in [4.69, 9.17) is 0 Å². The Bertz CT molecular complexity index is 1360. The highest BCUT2D eigenvalue weighted by Gasteiger charge is 2.43. The van der Waals surface area contributed by atoms with Gasteiger partial charge in [-0.2, -0.15) is 0 Å². The smallest absolute Gasteiger partial charge is 0.255 e. The lowest BCUT2D eigenvalue weighted by molar-refractivity contribution is -0.142. The summed E-state index contributed by atoms with van der Waals surface area (Å²) in [7, 11) is 0. The zero-order valence-electron chi connectivity index (χ0n) is 21.7. The monoisotopic (exact) mass is 516 g/mol. The molecular formula is C29H32N4O3S. The van der Waals surface area contributed by atoms with Gasteiger partial charge in [0.05, 0.1) is 16.1 Å². The number of hydrogen-bond acceptors (Lipinski definition) is 5. The first-order valence-corrected chi connectivity index (χ1v) is 13.7. The maximum absolute atomic E-state index is 13.9. The Labute approximate surface area is 221 Å². The van der Waals surface area contributed by atoms with Crippen LogP contribution in [0.15, 0.2) is 48.0 Å². The van der Waals surface area contributed by atoms with Crippen molar-refractivity contribution in [1.82, 2.24) is 14.8 Å².